The minimum absolute atomic E-state index is 0.206. The molecule has 2 N–H and O–H groups in total. The van der Waals surface area contributed by atoms with Crippen molar-refractivity contribution in [2.75, 3.05) is 13.7 Å². The number of carboxylic acid groups (broad SMARTS) is 1. The number of amides is 1. The fourth-order valence-corrected chi connectivity index (χ4v) is 2.39. The van der Waals surface area contributed by atoms with Gasteiger partial charge in [-0.25, -0.2) is 4.79 Å². The van der Waals surface area contributed by atoms with Crippen molar-refractivity contribution in [2.45, 2.75) is 26.1 Å². The first-order valence-electron chi connectivity index (χ1n) is 8.34. The van der Waals surface area contributed by atoms with Crippen LogP contribution in [0.1, 0.15) is 28.4 Å². The van der Waals surface area contributed by atoms with Gasteiger partial charge in [-0.3, -0.25) is 4.79 Å². The van der Waals surface area contributed by atoms with Crippen LogP contribution in [-0.4, -0.2) is 36.7 Å². The summed E-state index contributed by atoms with van der Waals surface area (Å²) in [7, 11) is 1.60. The Balaban J connectivity index is 1.76. The van der Waals surface area contributed by atoms with Crippen molar-refractivity contribution in [1.82, 2.24) is 5.32 Å². The standard InChI is InChI=1S/C20H23NO5/c1-14(26-13-16-6-4-8-18(12-16)25-2)19(22)21-10-9-15-5-3-7-17(11-15)20(23)24/h3-8,11-12,14H,9-10,13H2,1-2H3,(H,21,22)(H,23,24). The van der Waals surface area contributed by atoms with Crippen LogP contribution < -0.4 is 10.1 Å². The Morgan fingerprint density at radius 1 is 1.12 bits per heavy atom. The lowest BCUT2D eigenvalue weighted by atomic mass is 10.1. The Kier molecular flexibility index (Phi) is 7.17. The van der Waals surface area contributed by atoms with Crippen molar-refractivity contribution < 1.29 is 24.2 Å². The second kappa shape index (κ2) is 9.58. The number of ether oxygens (including phenoxy) is 2. The second-order valence-electron chi connectivity index (χ2n) is 5.85. The molecular weight excluding hydrogens is 334 g/mol. The number of rotatable bonds is 9. The first-order chi connectivity index (χ1) is 12.5. The van der Waals surface area contributed by atoms with Crippen LogP contribution >= 0.6 is 0 Å². The smallest absolute Gasteiger partial charge is 0.335 e. The van der Waals surface area contributed by atoms with Crippen LogP contribution in [-0.2, 0) is 22.6 Å². The molecule has 1 atom stereocenters. The molecule has 0 saturated carbocycles. The van der Waals surface area contributed by atoms with E-state index in [1.165, 1.54) is 0 Å². The minimum atomic E-state index is -0.963. The van der Waals surface area contributed by atoms with E-state index in [0.29, 0.717) is 19.6 Å². The van der Waals surface area contributed by atoms with Gasteiger partial charge in [0.1, 0.15) is 11.9 Å². The van der Waals surface area contributed by atoms with E-state index >= 15 is 0 Å². The van der Waals surface area contributed by atoms with E-state index in [1.54, 1.807) is 32.2 Å². The monoisotopic (exact) mass is 357 g/mol. The fraction of sp³-hybridized carbons (Fsp3) is 0.300. The molecule has 1 unspecified atom stereocenters. The molecule has 6 heteroatoms. The molecule has 0 fully saturated rings. The summed E-state index contributed by atoms with van der Waals surface area (Å²) in [5.41, 5.74) is 2.02. The number of carbonyl (C=O) groups is 2. The van der Waals surface area contributed by atoms with Crippen molar-refractivity contribution in [1.29, 1.82) is 0 Å². The highest BCUT2D eigenvalue weighted by atomic mass is 16.5. The van der Waals surface area contributed by atoms with Gasteiger partial charge in [0.15, 0.2) is 0 Å². The van der Waals surface area contributed by atoms with Gasteiger partial charge in [0.25, 0.3) is 0 Å². The quantitative estimate of drug-likeness (QED) is 0.721. The molecule has 0 radical (unpaired) electrons. The van der Waals surface area contributed by atoms with E-state index in [9.17, 15) is 9.59 Å². The largest absolute Gasteiger partial charge is 0.497 e. The van der Waals surface area contributed by atoms with Crippen LogP contribution in [0.15, 0.2) is 48.5 Å². The van der Waals surface area contributed by atoms with Crippen LogP contribution in [0.2, 0.25) is 0 Å². The summed E-state index contributed by atoms with van der Waals surface area (Å²) in [4.78, 5) is 23.1. The number of benzene rings is 2. The zero-order valence-electron chi connectivity index (χ0n) is 14.9. The Bertz CT molecular complexity index is 759. The molecule has 0 saturated heterocycles. The highest BCUT2D eigenvalue weighted by Crippen LogP contribution is 2.14. The van der Waals surface area contributed by atoms with Crippen molar-refractivity contribution in [2.24, 2.45) is 0 Å². The first kappa shape index (κ1) is 19.5. The summed E-state index contributed by atoms with van der Waals surface area (Å²) in [6, 6.07) is 14.2. The molecule has 0 spiro atoms. The summed E-state index contributed by atoms with van der Waals surface area (Å²) in [6.07, 6.45) is -0.0401. The third kappa shape index (κ3) is 5.89. The van der Waals surface area contributed by atoms with Gasteiger partial charge in [-0.1, -0.05) is 24.3 Å². The molecule has 0 aromatic heterocycles. The molecule has 26 heavy (non-hydrogen) atoms. The van der Waals surface area contributed by atoms with Crippen LogP contribution in [0.5, 0.6) is 5.75 Å². The Hall–Kier alpha value is -2.86. The maximum Gasteiger partial charge on any atom is 0.335 e. The summed E-state index contributed by atoms with van der Waals surface area (Å²) in [6.45, 7) is 2.42. The fourth-order valence-electron chi connectivity index (χ4n) is 2.39. The molecule has 2 aromatic rings. The van der Waals surface area contributed by atoms with E-state index in [4.69, 9.17) is 14.6 Å². The lowest BCUT2D eigenvalue weighted by Crippen LogP contribution is -2.35. The Morgan fingerprint density at radius 3 is 2.58 bits per heavy atom. The van der Waals surface area contributed by atoms with Crippen LogP contribution in [0.4, 0.5) is 0 Å². The van der Waals surface area contributed by atoms with Crippen molar-refractivity contribution >= 4 is 11.9 Å². The molecule has 6 nitrogen and oxygen atoms in total. The molecule has 1 amide bonds. The lowest BCUT2D eigenvalue weighted by molar-refractivity contribution is -0.132. The van der Waals surface area contributed by atoms with Gasteiger partial charge >= 0.3 is 5.97 Å². The highest BCUT2D eigenvalue weighted by molar-refractivity contribution is 5.87. The maximum absolute atomic E-state index is 12.1. The van der Waals surface area contributed by atoms with Gasteiger partial charge < -0.3 is 19.9 Å². The summed E-state index contributed by atoms with van der Waals surface area (Å²) in [5, 5.41) is 11.8. The molecule has 0 aliphatic carbocycles. The van der Waals surface area contributed by atoms with Gasteiger partial charge in [0, 0.05) is 6.54 Å². The van der Waals surface area contributed by atoms with Crippen molar-refractivity contribution in [3.63, 3.8) is 0 Å². The number of aromatic carboxylic acids is 1. The molecule has 0 aliphatic rings. The summed E-state index contributed by atoms with van der Waals surface area (Å²) >= 11 is 0. The van der Waals surface area contributed by atoms with Gasteiger partial charge in [0.2, 0.25) is 5.91 Å². The summed E-state index contributed by atoms with van der Waals surface area (Å²) in [5.74, 6) is -0.426. The van der Waals surface area contributed by atoms with Crippen molar-refractivity contribution in [3.05, 3.63) is 65.2 Å². The second-order valence-corrected chi connectivity index (χ2v) is 5.85. The number of nitrogens with one attached hydrogen (secondary N) is 1. The van der Waals surface area contributed by atoms with E-state index in [-0.39, 0.29) is 11.5 Å². The maximum atomic E-state index is 12.1. The summed E-state index contributed by atoms with van der Waals surface area (Å²) < 4.78 is 10.8. The highest BCUT2D eigenvalue weighted by Gasteiger charge is 2.13. The number of hydrogen-bond acceptors (Lipinski definition) is 4. The van der Waals surface area contributed by atoms with E-state index in [1.807, 2.05) is 30.3 Å². The van der Waals surface area contributed by atoms with Gasteiger partial charge in [-0.05, 0) is 48.7 Å². The van der Waals surface area contributed by atoms with E-state index < -0.39 is 12.1 Å². The van der Waals surface area contributed by atoms with Gasteiger partial charge in [-0.2, -0.15) is 0 Å². The predicted octanol–water partition coefficient (Wildman–Crippen LogP) is 2.66. The van der Waals surface area contributed by atoms with E-state index in [0.717, 1.165) is 16.9 Å². The molecule has 2 rings (SSSR count). The average Bonchev–Trinajstić information content (AvgIpc) is 2.66. The first-order valence-corrected chi connectivity index (χ1v) is 8.34. The third-order valence-electron chi connectivity index (χ3n) is 3.89. The van der Waals surface area contributed by atoms with Crippen LogP contribution in [0.25, 0.3) is 0 Å². The molecule has 0 aliphatic heterocycles. The lowest BCUT2D eigenvalue weighted by Gasteiger charge is -2.14. The number of carbonyl (C=O) groups excluding carboxylic acids is 1. The van der Waals surface area contributed by atoms with E-state index in [2.05, 4.69) is 5.32 Å². The Morgan fingerprint density at radius 2 is 1.85 bits per heavy atom. The third-order valence-corrected chi connectivity index (χ3v) is 3.89. The zero-order chi connectivity index (χ0) is 18.9. The van der Waals surface area contributed by atoms with Gasteiger partial charge in [0.05, 0.1) is 19.3 Å². The van der Waals surface area contributed by atoms with Gasteiger partial charge in [-0.15, -0.1) is 0 Å². The zero-order valence-corrected chi connectivity index (χ0v) is 14.9. The number of methoxy groups -OCH3 is 1. The molecule has 0 heterocycles. The predicted molar refractivity (Wildman–Crippen MR) is 97.4 cm³/mol. The molecule has 0 bridgehead atoms. The number of carboxylic acids is 1. The normalized spacial score (nSPS) is 11.6. The average molecular weight is 357 g/mol. The van der Waals surface area contributed by atoms with Crippen molar-refractivity contribution in [3.8, 4) is 5.75 Å². The molecule has 138 valence electrons. The topological polar surface area (TPSA) is 84.9 Å². The Labute approximate surface area is 152 Å². The number of hydrogen-bond donors (Lipinski definition) is 2. The SMILES string of the molecule is COc1cccc(COC(C)C(=O)NCCc2cccc(C(=O)O)c2)c1. The minimum Gasteiger partial charge on any atom is -0.497 e. The molecule has 2 aromatic carbocycles. The molecular formula is C20H23NO5. The van der Waals surface area contributed by atoms with Crippen LogP contribution in [0.3, 0.4) is 0 Å². The van der Waals surface area contributed by atoms with Crippen LogP contribution in [0, 0.1) is 0 Å².